The normalized spacial score (nSPS) is 11.6. The van der Waals surface area contributed by atoms with Gasteiger partial charge in [0.05, 0.1) is 41.0 Å². The largest absolute Gasteiger partial charge is 0.309 e. The van der Waals surface area contributed by atoms with Crippen molar-refractivity contribution < 1.29 is 0 Å². The van der Waals surface area contributed by atoms with E-state index in [1.807, 2.05) is 59.1 Å². The van der Waals surface area contributed by atoms with E-state index in [9.17, 15) is 5.26 Å². The van der Waals surface area contributed by atoms with Gasteiger partial charge in [-0.3, -0.25) is 0 Å². The van der Waals surface area contributed by atoms with E-state index >= 15 is 0 Å². The lowest BCUT2D eigenvalue weighted by Crippen LogP contribution is -2.13. The Labute approximate surface area is 423 Å². The Bertz CT molecular complexity index is 4270. The third-order valence-corrected chi connectivity index (χ3v) is 16.5. The molecule has 0 N–H and O–H groups in total. The van der Waals surface area contributed by atoms with Crippen molar-refractivity contribution in [1.29, 1.82) is 5.26 Å². The van der Waals surface area contributed by atoms with E-state index in [0.29, 0.717) is 11.3 Å². The minimum atomic E-state index is 0.591. The summed E-state index contributed by atoms with van der Waals surface area (Å²) < 4.78 is 4.99. The van der Waals surface area contributed by atoms with Gasteiger partial charge in [-0.25, -0.2) is 4.85 Å². The summed E-state index contributed by atoms with van der Waals surface area (Å²) in [5, 5.41) is 22.1. The minimum absolute atomic E-state index is 0.591. The zero-order valence-corrected chi connectivity index (χ0v) is 40.2. The Morgan fingerprint density at radius 2 is 0.819 bits per heavy atom. The Hall–Kier alpha value is -9.30. The molecule has 334 valence electrons. The van der Waals surface area contributed by atoms with Crippen LogP contribution in [0.2, 0.25) is 0 Å². The molecule has 0 unspecified atom stereocenters. The van der Waals surface area contributed by atoms with Gasteiger partial charge in [-0.05, 0) is 129 Å². The molecular weight excluding hydrogens is 913 g/mol. The van der Waals surface area contributed by atoms with E-state index < -0.39 is 0 Å². The van der Waals surface area contributed by atoms with Crippen LogP contribution in [0.3, 0.4) is 0 Å². The molecule has 0 amide bonds. The number of hydrogen-bond acceptors (Lipinski definition) is 5. The lowest BCUT2D eigenvalue weighted by molar-refractivity contribution is 1.30. The van der Waals surface area contributed by atoms with E-state index in [0.717, 1.165) is 77.9 Å². The highest BCUT2D eigenvalue weighted by molar-refractivity contribution is 7.26. The smallest absolute Gasteiger partial charge is 0.188 e. The van der Waals surface area contributed by atoms with E-state index in [1.54, 1.807) is 0 Å². The second-order valence-electron chi connectivity index (χ2n) is 18.2. The number of anilines is 6. The fourth-order valence-corrected chi connectivity index (χ4v) is 13.1. The van der Waals surface area contributed by atoms with Crippen LogP contribution in [0.15, 0.2) is 231 Å². The van der Waals surface area contributed by atoms with Crippen LogP contribution in [0.1, 0.15) is 5.56 Å². The van der Waals surface area contributed by atoms with Gasteiger partial charge in [-0.15, -0.1) is 22.7 Å². The zero-order chi connectivity index (χ0) is 47.9. The quantitative estimate of drug-likeness (QED) is 0.112. The van der Waals surface area contributed by atoms with Gasteiger partial charge in [0.1, 0.15) is 0 Å². The molecule has 2 aromatic heterocycles. The molecule has 0 fully saturated rings. The van der Waals surface area contributed by atoms with Gasteiger partial charge < -0.3 is 9.80 Å². The number of rotatable bonds is 8. The summed E-state index contributed by atoms with van der Waals surface area (Å²) in [4.78, 5) is 8.72. The van der Waals surface area contributed by atoms with Gasteiger partial charge in [0.15, 0.2) is 5.69 Å². The first-order chi connectivity index (χ1) is 35.6. The summed E-state index contributed by atoms with van der Waals surface area (Å²) in [5.74, 6) is 0. The lowest BCUT2D eigenvalue weighted by Gasteiger charge is -2.31. The molecule has 6 heteroatoms. The lowest BCUT2D eigenvalue weighted by atomic mass is 9.91. The molecule has 0 bridgehead atoms. The third-order valence-electron chi connectivity index (χ3n) is 14.2. The first-order valence-electron chi connectivity index (χ1n) is 23.9. The highest BCUT2D eigenvalue weighted by Gasteiger charge is 2.26. The highest BCUT2D eigenvalue weighted by Crippen LogP contribution is 2.52. The van der Waals surface area contributed by atoms with Gasteiger partial charge in [0.25, 0.3) is 0 Å². The Balaban J connectivity index is 1.05. The molecular formula is C66H38N4S2. The third kappa shape index (κ3) is 6.63. The van der Waals surface area contributed by atoms with Crippen molar-refractivity contribution >= 4 is 135 Å². The van der Waals surface area contributed by atoms with Gasteiger partial charge in [0, 0.05) is 68.1 Å². The molecule has 0 spiro atoms. The SMILES string of the molecule is [C-]#[N+]c1ccc(N(c2ccc3sc4ccccc4c3c2)c2ccc3ccc4c(N(c5ccc6sc7ccccc7c6c5)c5ccc(C#N)cc5-c5ccccc5)ccc5ccc2c3c54)c(-c2ccccc2)c1. The molecule has 4 nitrogen and oxygen atoms in total. The minimum Gasteiger partial charge on any atom is -0.309 e. The first kappa shape index (κ1) is 41.7. The van der Waals surface area contributed by atoms with Gasteiger partial charge in [-0.1, -0.05) is 140 Å². The molecule has 0 saturated heterocycles. The molecule has 0 saturated carbocycles. The van der Waals surface area contributed by atoms with Crippen molar-refractivity contribution in [3.8, 4) is 28.3 Å². The molecule has 0 atom stereocenters. The predicted octanol–water partition coefficient (Wildman–Crippen LogP) is 20.0. The number of hydrogen-bond donors (Lipinski definition) is 0. The van der Waals surface area contributed by atoms with Gasteiger partial charge in [0.2, 0.25) is 0 Å². The maximum absolute atomic E-state index is 10.3. The van der Waals surface area contributed by atoms with Crippen LogP contribution >= 0.6 is 22.7 Å². The second-order valence-corrected chi connectivity index (χ2v) is 20.4. The molecule has 2 heterocycles. The van der Waals surface area contributed by atoms with Crippen molar-refractivity contribution in [3.05, 3.63) is 248 Å². The fraction of sp³-hybridized carbons (Fsp3) is 0. The molecule has 14 rings (SSSR count). The van der Waals surface area contributed by atoms with Crippen LogP contribution in [0.25, 0.3) is 99.8 Å². The fourth-order valence-electron chi connectivity index (χ4n) is 11.0. The number of thiophene rings is 2. The second kappa shape index (κ2) is 16.7. The number of benzene rings is 12. The van der Waals surface area contributed by atoms with E-state index in [1.165, 1.54) is 51.1 Å². The molecule has 14 aromatic rings. The Kier molecular flexibility index (Phi) is 9.66. The maximum Gasteiger partial charge on any atom is 0.188 e. The van der Waals surface area contributed by atoms with Crippen LogP contribution < -0.4 is 9.80 Å². The highest BCUT2D eigenvalue weighted by atomic mass is 32.1. The van der Waals surface area contributed by atoms with Crippen LogP contribution in [0, 0.1) is 17.9 Å². The number of nitriles is 1. The molecule has 72 heavy (non-hydrogen) atoms. The van der Waals surface area contributed by atoms with E-state index in [2.05, 4.69) is 215 Å². The van der Waals surface area contributed by atoms with Crippen LogP contribution in [-0.2, 0) is 0 Å². The zero-order valence-electron chi connectivity index (χ0n) is 38.5. The topological polar surface area (TPSA) is 34.6 Å². The average Bonchev–Trinajstić information content (AvgIpc) is 4.02. The molecule has 0 aliphatic rings. The van der Waals surface area contributed by atoms with Crippen molar-refractivity contribution in [1.82, 2.24) is 0 Å². The molecule has 0 aliphatic heterocycles. The number of fused-ring (bicyclic) bond motifs is 6. The summed E-state index contributed by atoms with van der Waals surface area (Å²) in [7, 11) is 0. The molecule has 12 aromatic carbocycles. The van der Waals surface area contributed by atoms with Crippen LogP contribution in [0.5, 0.6) is 0 Å². The summed E-state index contributed by atoms with van der Waals surface area (Å²) >= 11 is 3.64. The van der Waals surface area contributed by atoms with Crippen molar-refractivity contribution in [2.75, 3.05) is 9.80 Å². The van der Waals surface area contributed by atoms with Crippen molar-refractivity contribution in [3.63, 3.8) is 0 Å². The standard InChI is InChI=1S/C66H38N4S2/c1-68-46-25-33-60(54(37-46)43-14-6-3-7-15-43)70(48-27-35-64-56(39-48)50-17-9-11-19-62(50)72-64)58-32-24-45-21-28-51-57(31-23-44-22-29-52(58)66(45)65(44)51)69(47-26-34-63-55(38-47)49-16-8-10-18-61(49)71-63)59-30-20-41(40-67)36-53(59)42-12-4-2-5-13-42/h2-39H. The summed E-state index contributed by atoms with van der Waals surface area (Å²) in [6, 6.07) is 84.7. The summed E-state index contributed by atoms with van der Waals surface area (Å²) in [6.45, 7) is 8.07. The average molecular weight is 951 g/mol. The van der Waals surface area contributed by atoms with E-state index in [4.69, 9.17) is 6.57 Å². The van der Waals surface area contributed by atoms with Gasteiger partial charge >= 0.3 is 0 Å². The number of nitrogens with zero attached hydrogens (tertiary/aromatic N) is 4. The Morgan fingerprint density at radius 1 is 0.375 bits per heavy atom. The summed E-state index contributed by atoms with van der Waals surface area (Å²) in [6.07, 6.45) is 0. The summed E-state index contributed by atoms with van der Waals surface area (Å²) in [5.41, 5.74) is 11.3. The van der Waals surface area contributed by atoms with Crippen LogP contribution in [0.4, 0.5) is 39.8 Å². The van der Waals surface area contributed by atoms with Crippen molar-refractivity contribution in [2.45, 2.75) is 0 Å². The van der Waals surface area contributed by atoms with Crippen molar-refractivity contribution in [2.24, 2.45) is 0 Å². The maximum atomic E-state index is 10.3. The molecule has 0 aliphatic carbocycles. The molecule has 0 radical (unpaired) electrons. The predicted molar refractivity (Wildman–Crippen MR) is 307 cm³/mol. The Morgan fingerprint density at radius 3 is 1.33 bits per heavy atom. The first-order valence-corrected chi connectivity index (χ1v) is 25.5. The monoisotopic (exact) mass is 950 g/mol. The van der Waals surface area contributed by atoms with Gasteiger partial charge in [-0.2, -0.15) is 5.26 Å². The van der Waals surface area contributed by atoms with E-state index in [-0.39, 0.29) is 0 Å². The van der Waals surface area contributed by atoms with Crippen LogP contribution in [-0.4, -0.2) is 0 Å².